The monoisotopic (exact) mass is 261 g/mol. The molecule has 0 aromatic heterocycles. The van der Waals surface area contributed by atoms with Crippen molar-refractivity contribution in [1.82, 2.24) is 4.90 Å². The Bertz CT molecular complexity index is 451. The summed E-state index contributed by atoms with van der Waals surface area (Å²) < 4.78 is 0. The number of nitrogens with one attached hydrogen (secondary N) is 1. The van der Waals surface area contributed by atoms with Gasteiger partial charge in [0.25, 0.3) is 0 Å². The van der Waals surface area contributed by atoms with Crippen molar-refractivity contribution < 1.29 is 4.79 Å². The van der Waals surface area contributed by atoms with Crippen molar-refractivity contribution in [3.8, 4) is 0 Å². The fraction of sp³-hybridized carbons (Fsp3) is 0.533. The van der Waals surface area contributed by atoms with Gasteiger partial charge in [-0.1, -0.05) is 6.92 Å². The van der Waals surface area contributed by atoms with Crippen LogP contribution in [0.3, 0.4) is 0 Å². The van der Waals surface area contributed by atoms with E-state index in [-0.39, 0.29) is 5.91 Å². The zero-order valence-electron chi connectivity index (χ0n) is 12.1. The van der Waals surface area contributed by atoms with E-state index in [0.717, 1.165) is 38.4 Å². The molecule has 2 rings (SSSR count). The first-order chi connectivity index (χ1) is 9.10. The summed E-state index contributed by atoms with van der Waals surface area (Å²) in [4.78, 5) is 16.0. The lowest BCUT2D eigenvalue weighted by atomic mass is 10.1. The Kier molecular flexibility index (Phi) is 4.43. The van der Waals surface area contributed by atoms with E-state index in [2.05, 4.69) is 35.0 Å². The molecule has 1 aliphatic heterocycles. The molecule has 4 nitrogen and oxygen atoms in total. The summed E-state index contributed by atoms with van der Waals surface area (Å²) in [5, 5.41) is 2.83. The lowest BCUT2D eigenvalue weighted by molar-refractivity contribution is -0.114. The van der Waals surface area contributed by atoms with Gasteiger partial charge in [0.1, 0.15) is 0 Å². The van der Waals surface area contributed by atoms with Gasteiger partial charge in [-0.3, -0.25) is 4.79 Å². The highest BCUT2D eigenvalue weighted by Crippen LogP contribution is 2.24. The third-order valence-corrected chi connectivity index (χ3v) is 3.68. The van der Waals surface area contributed by atoms with Crippen LogP contribution < -0.4 is 10.2 Å². The fourth-order valence-corrected chi connectivity index (χ4v) is 2.60. The number of carbonyl (C=O) groups is 1. The number of aryl methyl sites for hydroxylation is 1. The molecule has 0 saturated carbocycles. The number of amides is 1. The second kappa shape index (κ2) is 6.06. The molecule has 1 aromatic carbocycles. The molecule has 0 spiro atoms. The van der Waals surface area contributed by atoms with E-state index < -0.39 is 0 Å². The number of rotatable bonds is 3. The minimum Gasteiger partial charge on any atom is -0.369 e. The highest BCUT2D eigenvalue weighted by molar-refractivity contribution is 5.89. The summed E-state index contributed by atoms with van der Waals surface area (Å²) in [7, 11) is 0. The van der Waals surface area contributed by atoms with Gasteiger partial charge in [-0.25, -0.2) is 0 Å². The first-order valence-corrected chi connectivity index (χ1v) is 6.95. The van der Waals surface area contributed by atoms with Gasteiger partial charge in [0.2, 0.25) is 5.91 Å². The molecule has 0 bridgehead atoms. The second-order valence-corrected chi connectivity index (χ2v) is 5.10. The van der Waals surface area contributed by atoms with Crippen LogP contribution in [0, 0.1) is 6.92 Å². The molecule has 19 heavy (non-hydrogen) atoms. The maximum atomic E-state index is 11.1. The maximum Gasteiger partial charge on any atom is 0.221 e. The molecule has 1 saturated heterocycles. The number of anilines is 2. The van der Waals surface area contributed by atoms with E-state index in [9.17, 15) is 4.79 Å². The molecule has 1 aliphatic rings. The molecule has 104 valence electrons. The molecule has 1 N–H and O–H groups in total. The van der Waals surface area contributed by atoms with Crippen LogP contribution in [0.15, 0.2) is 18.2 Å². The Morgan fingerprint density at radius 2 is 1.95 bits per heavy atom. The van der Waals surface area contributed by atoms with Crippen molar-refractivity contribution in [3.63, 3.8) is 0 Å². The average Bonchev–Trinajstić information content (AvgIpc) is 2.38. The fourth-order valence-electron chi connectivity index (χ4n) is 2.60. The maximum absolute atomic E-state index is 11.1. The smallest absolute Gasteiger partial charge is 0.221 e. The molecule has 1 aromatic rings. The van der Waals surface area contributed by atoms with Crippen molar-refractivity contribution in [2.75, 3.05) is 42.9 Å². The minimum atomic E-state index is -0.0243. The topological polar surface area (TPSA) is 35.6 Å². The van der Waals surface area contributed by atoms with Gasteiger partial charge in [-0.2, -0.15) is 0 Å². The second-order valence-electron chi connectivity index (χ2n) is 5.10. The molecule has 4 heteroatoms. The Labute approximate surface area is 115 Å². The van der Waals surface area contributed by atoms with Crippen LogP contribution in [0.5, 0.6) is 0 Å². The predicted molar refractivity (Wildman–Crippen MR) is 79.8 cm³/mol. The summed E-state index contributed by atoms with van der Waals surface area (Å²) in [5.74, 6) is -0.0243. The molecule has 0 unspecified atom stereocenters. The van der Waals surface area contributed by atoms with Crippen molar-refractivity contribution in [1.29, 1.82) is 0 Å². The number of nitrogens with zero attached hydrogens (tertiary/aromatic N) is 2. The van der Waals surface area contributed by atoms with Crippen molar-refractivity contribution >= 4 is 17.3 Å². The van der Waals surface area contributed by atoms with Gasteiger partial charge < -0.3 is 15.1 Å². The Hall–Kier alpha value is -1.55. The minimum absolute atomic E-state index is 0.0243. The van der Waals surface area contributed by atoms with Crippen molar-refractivity contribution in [2.24, 2.45) is 0 Å². The summed E-state index contributed by atoms with van der Waals surface area (Å²) in [6.07, 6.45) is 0. The summed E-state index contributed by atoms with van der Waals surface area (Å²) in [6.45, 7) is 11.4. The summed E-state index contributed by atoms with van der Waals surface area (Å²) in [5.41, 5.74) is 3.38. The van der Waals surface area contributed by atoms with Gasteiger partial charge >= 0.3 is 0 Å². The first kappa shape index (κ1) is 13.9. The molecule has 0 radical (unpaired) electrons. The van der Waals surface area contributed by atoms with Gasteiger partial charge in [0, 0.05) is 44.5 Å². The quantitative estimate of drug-likeness (QED) is 0.905. The van der Waals surface area contributed by atoms with Gasteiger partial charge in [-0.05, 0) is 37.2 Å². The SMILES string of the molecule is CCN1CCN(c2ccc(NC(C)=O)cc2C)CC1. The van der Waals surface area contributed by atoms with Crippen LogP contribution in [0.2, 0.25) is 0 Å². The van der Waals surface area contributed by atoms with Gasteiger partial charge in [0.05, 0.1) is 0 Å². The first-order valence-electron chi connectivity index (χ1n) is 6.95. The van der Waals surface area contributed by atoms with E-state index in [4.69, 9.17) is 0 Å². The molecular formula is C15H23N3O. The largest absolute Gasteiger partial charge is 0.369 e. The summed E-state index contributed by atoms with van der Waals surface area (Å²) in [6, 6.07) is 6.14. The molecular weight excluding hydrogens is 238 g/mol. The summed E-state index contributed by atoms with van der Waals surface area (Å²) >= 11 is 0. The number of hydrogen-bond donors (Lipinski definition) is 1. The number of likely N-dealkylation sites (N-methyl/N-ethyl adjacent to an activating group) is 1. The number of carbonyl (C=O) groups excluding carboxylic acids is 1. The van der Waals surface area contributed by atoms with E-state index in [1.807, 2.05) is 12.1 Å². The molecule has 0 atom stereocenters. The molecule has 1 heterocycles. The van der Waals surface area contributed by atoms with Crippen LogP contribution in [0.4, 0.5) is 11.4 Å². The van der Waals surface area contributed by atoms with Crippen molar-refractivity contribution in [2.45, 2.75) is 20.8 Å². The molecule has 1 amide bonds. The normalized spacial score (nSPS) is 16.5. The Balaban J connectivity index is 2.07. The van der Waals surface area contributed by atoms with Crippen LogP contribution in [-0.2, 0) is 4.79 Å². The van der Waals surface area contributed by atoms with Gasteiger partial charge in [-0.15, -0.1) is 0 Å². The number of hydrogen-bond acceptors (Lipinski definition) is 3. The van der Waals surface area contributed by atoms with Crippen LogP contribution in [-0.4, -0.2) is 43.5 Å². The predicted octanol–water partition coefficient (Wildman–Crippen LogP) is 2.10. The van der Waals surface area contributed by atoms with Crippen LogP contribution in [0.1, 0.15) is 19.4 Å². The van der Waals surface area contributed by atoms with E-state index in [1.54, 1.807) is 0 Å². The Morgan fingerprint density at radius 3 is 2.47 bits per heavy atom. The van der Waals surface area contributed by atoms with Crippen LogP contribution in [0.25, 0.3) is 0 Å². The molecule has 1 fully saturated rings. The third-order valence-electron chi connectivity index (χ3n) is 3.68. The van der Waals surface area contributed by atoms with Crippen molar-refractivity contribution in [3.05, 3.63) is 23.8 Å². The highest BCUT2D eigenvalue weighted by atomic mass is 16.1. The average molecular weight is 261 g/mol. The van der Waals surface area contributed by atoms with Crippen LogP contribution >= 0.6 is 0 Å². The van der Waals surface area contributed by atoms with E-state index >= 15 is 0 Å². The van der Waals surface area contributed by atoms with Gasteiger partial charge in [0.15, 0.2) is 0 Å². The Morgan fingerprint density at radius 1 is 1.26 bits per heavy atom. The third kappa shape index (κ3) is 3.47. The zero-order valence-corrected chi connectivity index (χ0v) is 12.1. The number of piperazine rings is 1. The highest BCUT2D eigenvalue weighted by Gasteiger charge is 2.17. The molecule has 0 aliphatic carbocycles. The number of benzene rings is 1. The standard InChI is InChI=1S/C15H23N3O/c1-4-17-7-9-18(10-8-17)15-6-5-14(11-12(15)2)16-13(3)19/h5-6,11H,4,7-10H2,1-3H3,(H,16,19). The van der Waals surface area contributed by atoms with E-state index in [1.165, 1.54) is 18.2 Å². The van der Waals surface area contributed by atoms with E-state index in [0.29, 0.717) is 0 Å². The lowest BCUT2D eigenvalue weighted by Gasteiger charge is -2.36. The zero-order chi connectivity index (χ0) is 13.8. The lowest BCUT2D eigenvalue weighted by Crippen LogP contribution is -2.46.